The maximum atomic E-state index is 11.2. The molecule has 0 radical (unpaired) electrons. The lowest BCUT2D eigenvalue weighted by molar-refractivity contribution is -0.116. The summed E-state index contributed by atoms with van der Waals surface area (Å²) in [5, 5.41) is 12.1. The van der Waals surface area contributed by atoms with Crippen molar-refractivity contribution in [2.45, 2.75) is 26.7 Å². The molecule has 3 heteroatoms. The van der Waals surface area contributed by atoms with Crippen LogP contribution in [0.2, 0.25) is 0 Å². The number of carbonyl (C=O) groups is 1. The van der Waals surface area contributed by atoms with Gasteiger partial charge in [-0.25, -0.2) is 0 Å². The van der Waals surface area contributed by atoms with Crippen LogP contribution in [0.5, 0.6) is 5.75 Å². The zero-order valence-electron chi connectivity index (χ0n) is 8.50. The van der Waals surface area contributed by atoms with Crippen molar-refractivity contribution in [3.63, 3.8) is 0 Å². The van der Waals surface area contributed by atoms with E-state index in [-0.39, 0.29) is 11.7 Å². The molecule has 0 atom stereocenters. The molecule has 0 bridgehead atoms. The first-order chi connectivity index (χ1) is 6.63. The molecule has 3 nitrogen and oxygen atoms in total. The summed E-state index contributed by atoms with van der Waals surface area (Å²) in [6, 6.07) is 5.18. The largest absolute Gasteiger partial charge is 0.506 e. The fourth-order valence-electron chi connectivity index (χ4n) is 1.19. The molecule has 0 spiro atoms. The molecule has 0 saturated carbocycles. The van der Waals surface area contributed by atoms with E-state index in [2.05, 4.69) is 5.32 Å². The number of hydrogen-bond donors (Lipinski definition) is 2. The van der Waals surface area contributed by atoms with Gasteiger partial charge in [0.25, 0.3) is 0 Å². The second kappa shape index (κ2) is 4.65. The molecule has 0 aromatic heterocycles. The Kier molecular flexibility index (Phi) is 3.51. The lowest BCUT2D eigenvalue weighted by atomic mass is 10.2. The Morgan fingerprint density at radius 3 is 2.79 bits per heavy atom. The van der Waals surface area contributed by atoms with E-state index in [0.717, 1.165) is 12.0 Å². The predicted molar refractivity (Wildman–Crippen MR) is 56.4 cm³/mol. The number of benzene rings is 1. The van der Waals surface area contributed by atoms with Crippen molar-refractivity contribution in [2.24, 2.45) is 0 Å². The van der Waals surface area contributed by atoms with Crippen molar-refractivity contribution in [2.75, 3.05) is 5.32 Å². The zero-order valence-corrected chi connectivity index (χ0v) is 8.50. The van der Waals surface area contributed by atoms with Crippen LogP contribution in [-0.2, 0) is 4.79 Å². The Balaban J connectivity index is 2.72. The first kappa shape index (κ1) is 10.6. The third-order valence-electron chi connectivity index (χ3n) is 1.90. The summed E-state index contributed by atoms with van der Waals surface area (Å²) in [6.07, 6.45) is 1.28. The van der Waals surface area contributed by atoms with Crippen LogP contribution >= 0.6 is 0 Å². The van der Waals surface area contributed by atoms with Crippen LogP contribution in [0.1, 0.15) is 25.3 Å². The number of phenolic OH excluding ortho intramolecular Hbond substituents is 1. The summed E-state index contributed by atoms with van der Waals surface area (Å²) in [4.78, 5) is 11.2. The number of hydrogen-bond acceptors (Lipinski definition) is 2. The summed E-state index contributed by atoms with van der Waals surface area (Å²) >= 11 is 0. The minimum absolute atomic E-state index is 0.0633. The van der Waals surface area contributed by atoms with Gasteiger partial charge in [0, 0.05) is 6.42 Å². The van der Waals surface area contributed by atoms with Crippen LogP contribution in [0, 0.1) is 6.92 Å². The van der Waals surface area contributed by atoms with Crippen molar-refractivity contribution in [3.05, 3.63) is 23.8 Å². The van der Waals surface area contributed by atoms with E-state index in [9.17, 15) is 9.90 Å². The molecule has 0 aliphatic heterocycles. The smallest absolute Gasteiger partial charge is 0.224 e. The van der Waals surface area contributed by atoms with Gasteiger partial charge in [0.2, 0.25) is 5.91 Å². The van der Waals surface area contributed by atoms with Crippen molar-refractivity contribution in [1.82, 2.24) is 0 Å². The number of aryl methyl sites for hydroxylation is 1. The van der Waals surface area contributed by atoms with Crippen molar-refractivity contribution < 1.29 is 9.90 Å². The highest BCUT2D eigenvalue weighted by Crippen LogP contribution is 2.23. The summed E-state index contributed by atoms with van der Waals surface area (Å²) in [5.41, 5.74) is 1.45. The minimum atomic E-state index is -0.0633. The van der Waals surface area contributed by atoms with Crippen LogP contribution < -0.4 is 5.32 Å². The summed E-state index contributed by atoms with van der Waals surface area (Å²) in [5.74, 6) is 0.0566. The first-order valence-corrected chi connectivity index (χ1v) is 4.73. The fourth-order valence-corrected chi connectivity index (χ4v) is 1.19. The predicted octanol–water partition coefficient (Wildman–Crippen LogP) is 2.44. The molecule has 14 heavy (non-hydrogen) atoms. The number of phenols is 1. The highest BCUT2D eigenvalue weighted by atomic mass is 16.3. The van der Waals surface area contributed by atoms with Crippen LogP contribution in [0.15, 0.2) is 18.2 Å². The molecule has 0 unspecified atom stereocenters. The average molecular weight is 193 g/mol. The fraction of sp³-hybridized carbons (Fsp3) is 0.364. The zero-order chi connectivity index (χ0) is 10.6. The van der Waals surface area contributed by atoms with Crippen molar-refractivity contribution in [1.29, 1.82) is 0 Å². The molecule has 0 fully saturated rings. The van der Waals surface area contributed by atoms with Gasteiger partial charge in [0.15, 0.2) is 0 Å². The van der Waals surface area contributed by atoms with Gasteiger partial charge in [-0.1, -0.05) is 13.0 Å². The monoisotopic (exact) mass is 193 g/mol. The van der Waals surface area contributed by atoms with E-state index >= 15 is 0 Å². The Morgan fingerprint density at radius 2 is 2.21 bits per heavy atom. The molecule has 0 aliphatic carbocycles. The van der Waals surface area contributed by atoms with Gasteiger partial charge >= 0.3 is 0 Å². The second-order valence-corrected chi connectivity index (χ2v) is 3.32. The molecule has 0 saturated heterocycles. The van der Waals surface area contributed by atoms with Crippen molar-refractivity contribution >= 4 is 11.6 Å². The van der Waals surface area contributed by atoms with Crippen LogP contribution in [-0.4, -0.2) is 11.0 Å². The van der Waals surface area contributed by atoms with Crippen LogP contribution in [0.4, 0.5) is 5.69 Å². The van der Waals surface area contributed by atoms with Gasteiger partial charge in [-0.3, -0.25) is 4.79 Å². The second-order valence-electron chi connectivity index (χ2n) is 3.32. The third-order valence-corrected chi connectivity index (χ3v) is 1.90. The van der Waals surface area contributed by atoms with E-state index in [4.69, 9.17) is 0 Å². The highest BCUT2D eigenvalue weighted by molar-refractivity contribution is 5.92. The van der Waals surface area contributed by atoms with E-state index in [1.54, 1.807) is 12.1 Å². The normalized spacial score (nSPS) is 9.86. The topological polar surface area (TPSA) is 49.3 Å². The standard InChI is InChI=1S/C11H15NO2/c1-3-4-11(14)12-9-6-5-8(2)7-10(9)13/h5-7,13H,3-4H2,1-2H3,(H,12,14). The number of aromatic hydroxyl groups is 1. The molecular formula is C11H15NO2. The molecular weight excluding hydrogens is 178 g/mol. The molecule has 0 heterocycles. The minimum Gasteiger partial charge on any atom is -0.506 e. The third kappa shape index (κ3) is 2.76. The SMILES string of the molecule is CCCC(=O)Nc1ccc(C)cc1O. The lowest BCUT2D eigenvalue weighted by Crippen LogP contribution is -2.10. The Labute approximate surface area is 83.8 Å². The van der Waals surface area contributed by atoms with E-state index in [0.29, 0.717) is 12.1 Å². The van der Waals surface area contributed by atoms with Gasteiger partial charge in [-0.05, 0) is 31.0 Å². The number of nitrogens with one attached hydrogen (secondary N) is 1. The molecule has 1 rings (SSSR count). The molecule has 0 aliphatic rings. The summed E-state index contributed by atoms with van der Waals surface area (Å²) in [7, 11) is 0. The van der Waals surface area contributed by atoms with Gasteiger partial charge in [-0.2, -0.15) is 0 Å². The molecule has 1 amide bonds. The Morgan fingerprint density at radius 1 is 1.50 bits per heavy atom. The molecule has 2 N–H and O–H groups in total. The maximum Gasteiger partial charge on any atom is 0.224 e. The van der Waals surface area contributed by atoms with Gasteiger partial charge < -0.3 is 10.4 Å². The number of carbonyl (C=O) groups excluding carboxylic acids is 1. The summed E-state index contributed by atoms with van der Waals surface area (Å²) < 4.78 is 0. The average Bonchev–Trinajstić information content (AvgIpc) is 2.10. The maximum absolute atomic E-state index is 11.2. The molecule has 1 aromatic rings. The van der Waals surface area contributed by atoms with Crippen LogP contribution in [0.3, 0.4) is 0 Å². The Hall–Kier alpha value is -1.51. The van der Waals surface area contributed by atoms with E-state index in [1.807, 2.05) is 19.9 Å². The number of amides is 1. The lowest BCUT2D eigenvalue weighted by Gasteiger charge is -2.06. The Bertz CT molecular complexity index is 334. The quantitative estimate of drug-likeness (QED) is 0.724. The van der Waals surface area contributed by atoms with E-state index < -0.39 is 0 Å². The highest BCUT2D eigenvalue weighted by Gasteiger charge is 2.04. The van der Waals surface area contributed by atoms with Crippen molar-refractivity contribution in [3.8, 4) is 5.75 Å². The van der Waals surface area contributed by atoms with Gasteiger partial charge in [0.1, 0.15) is 5.75 Å². The van der Waals surface area contributed by atoms with E-state index in [1.165, 1.54) is 0 Å². The number of rotatable bonds is 3. The molecule has 76 valence electrons. The van der Waals surface area contributed by atoms with Gasteiger partial charge in [0.05, 0.1) is 5.69 Å². The van der Waals surface area contributed by atoms with Gasteiger partial charge in [-0.15, -0.1) is 0 Å². The summed E-state index contributed by atoms with van der Waals surface area (Å²) in [6.45, 7) is 3.83. The van der Waals surface area contributed by atoms with Crippen LogP contribution in [0.25, 0.3) is 0 Å². The first-order valence-electron chi connectivity index (χ1n) is 4.73. The molecule has 1 aromatic carbocycles. The number of anilines is 1.